The van der Waals surface area contributed by atoms with Gasteiger partial charge in [-0.3, -0.25) is 9.59 Å². The fourth-order valence-corrected chi connectivity index (χ4v) is 2.87. The van der Waals surface area contributed by atoms with Gasteiger partial charge in [0.15, 0.2) is 23.0 Å². The maximum atomic E-state index is 12.4. The number of carbonyl (C=O) groups excluding carboxylic acids is 2. The lowest BCUT2D eigenvalue weighted by atomic mass is 10.0. The van der Waals surface area contributed by atoms with Crippen molar-refractivity contribution < 1.29 is 28.9 Å². The largest absolute Gasteiger partial charge is 0.503 e. The number of hydrogen-bond donors (Lipinski definition) is 1. The summed E-state index contributed by atoms with van der Waals surface area (Å²) in [5, 5.41) is 10.0. The summed E-state index contributed by atoms with van der Waals surface area (Å²) in [6, 6.07) is 10.9. The lowest BCUT2D eigenvalue weighted by molar-refractivity contribution is -0.159. The Labute approximate surface area is 164 Å². The average Bonchev–Trinajstić information content (AvgIpc) is 2.69. The minimum atomic E-state index is -0.712. The van der Waals surface area contributed by atoms with Gasteiger partial charge in [0.1, 0.15) is 12.2 Å². The molecule has 1 heterocycles. The molecule has 0 aliphatic rings. The molecular formula is C21H25NO6. The second-order valence-corrected chi connectivity index (χ2v) is 6.45. The van der Waals surface area contributed by atoms with E-state index in [1.807, 2.05) is 30.3 Å². The molecule has 0 bridgehead atoms. The van der Waals surface area contributed by atoms with E-state index in [1.165, 1.54) is 19.4 Å². The summed E-state index contributed by atoms with van der Waals surface area (Å²) < 4.78 is 16.0. The summed E-state index contributed by atoms with van der Waals surface area (Å²) in [7, 11) is 2.93. The molecule has 0 spiro atoms. The SMILES string of the molecule is COc1ccnc(C(=O)C[C@@H](C)C(=O)O[C@H](C)[C@H](OC)c2ccccc2)c1O. The number of benzene rings is 1. The van der Waals surface area contributed by atoms with E-state index in [0.717, 1.165) is 5.56 Å². The fraction of sp³-hybridized carbons (Fsp3) is 0.381. The molecule has 7 nitrogen and oxygen atoms in total. The molecule has 2 rings (SSSR count). The van der Waals surface area contributed by atoms with E-state index in [9.17, 15) is 14.7 Å². The van der Waals surface area contributed by atoms with Crippen molar-refractivity contribution in [2.24, 2.45) is 5.92 Å². The number of pyridine rings is 1. The molecule has 0 fully saturated rings. The molecule has 1 N–H and O–H groups in total. The first-order valence-corrected chi connectivity index (χ1v) is 8.92. The van der Waals surface area contributed by atoms with Gasteiger partial charge >= 0.3 is 5.97 Å². The van der Waals surface area contributed by atoms with Crippen molar-refractivity contribution in [3.63, 3.8) is 0 Å². The van der Waals surface area contributed by atoms with Gasteiger partial charge in [-0.1, -0.05) is 37.3 Å². The summed E-state index contributed by atoms with van der Waals surface area (Å²) in [6.07, 6.45) is 0.250. The number of carbonyl (C=O) groups is 2. The highest BCUT2D eigenvalue weighted by molar-refractivity contribution is 5.99. The van der Waals surface area contributed by atoms with Crippen molar-refractivity contribution in [1.29, 1.82) is 0 Å². The molecule has 3 atom stereocenters. The van der Waals surface area contributed by atoms with Crippen LogP contribution in [0.15, 0.2) is 42.6 Å². The number of hydrogen-bond acceptors (Lipinski definition) is 7. The van der Waals surface area contributed by atoms with Gasteiger partial charge in [-0.25, -0.2) is 4.98 Å². The molecule has 28 heavy (non-hydrogen) atoms. The smallest absolute Gasteiger partial charge is 0.309 e. The number of Topliss-reactive ketones (excluding diaryl/α,β-unsaturated/α-hetero) is 1. The van der Waals surface area contributed by atoms with Gasteiger partial charge in [0.25, 0.3) is 0 Å². The normalized spacial score (nSPS) is 14.0. The first-order valence-electron chi connectivity index (χ1n) is 8.92. The minimum absolute atomic E-state index is 0.133. The first kappa shape index (κ1) is 21.4. The van der Waals surface area contributed by atoms with Crippen LogP contribution in [0.25, 0.3) is 0 Å². The highest BCUT2D eigenvalue weighted by Gasteiger charge is 2.27. The molecule has 1 aromatic heterocycles. The van der Waals surface area contributed by atoms with Gasteiger partial charge in [-0.15, -0.1) is 0 Å². The number of aromatic nitrogens is 1. The van der Waals surface area contributed by atoms with Crippen LogP contribution in [0, 0.1) is 5.92 Å². The van der Waals surface area contributed by atoms with Crippen LogP contribution in [0.4, 0.5) is 0 Å². The standard InChI is InChI=1S/C21H25NO6/c1-13(12-16(23)18-19(24)17(26-3)10-11-22-18)21(25)28-14(2)20(27-4)15-8-6-5-7-9-15/h5-11,13-14,20,24H,12H2,1-4H3/t13-,14-,20+/m1/s1. The predicted octanol–water partition coefficient (Wildman–Crippen LogP) is 3.32. The number of methoxy groups -OCH3 is 2. The zero-order chi connectivity index (χ0) is 20.7. The predicted molar refractivity (Wildman–Crippen MR) is 102 cm³/mol. The molecule has 0 aliphatic carbocycles. The molecule has 0 aliphatic heterocycles. The molecule has 0 unspecified atom stereocenters. The Kier molecular flexibility index (Phi) is 7.52. The number of ether oxygens (including phenoxy) is 3. The van der Waals surface area contributed by atoms with Crippen molar-refractivity contribution in [3.05, 3.63) is 53.9 Å². The van der Waals surface area contributed by atoms with E-state index in [2.05, 4.69) is 4.98 Å². The van der Waals surface area contributed by atoms with Crippen LogP contribution in [0.3, 0.4) is 0 Å². The maximum absolute atomic E-state index is 12.4. The average molecular weight is 387 g/mol. The summed E-state index contributed by atoms with van der Waals surface area (Å²) >= 11 is 0. The van der Waals surface area contributed by atoms with Crippen LogP contribution in [0.5, 0.6) is 11.5 Å². The Morgan fingerprint density at radius 3 is 2.39 bits per heavy atom. The van der Waals surface area contributed by atoms with Gasteiger partial charge in [-0.05, 0) is 12.5 Å². The third-order valence-corrected chi connectivity index (χ3v) is 4.38. The van der Waals surface area contributed by atoms with Gasteiger partial charge in [0, 0.05) is 25.8 Å². The Hall–Kier alpha value is -2.93. The van der Waals surface area contributed by atoms with Crippen molar-refractivity contribution in [3.8, 4) is 11.5 Å². The van der Waals surface area contributed by atoms with E-state index in [-0.39, 0.29) is 23.6 Å². The summed E-state index contributed by atoms with van der Waals surface area (Å²) in [6.45, 7) is 3.33. The second-order valence-electron chi connectivity index (χ2n) is 6.45. The van der Waals surface area contributed by atoms with Crippen LogP contribution < -0.4 is 4.74 Å². The third kappa shape index (κ3) is 5.07. The van der Waals surface area contributed by atoms with Gasteiger partial charge < -0.3 is 19.3 Å². The fourth-order valence-electron chi connectivity index (χ4n) is 2.87. The third-order valence-electron chi connectivity index (χ3n) is 4.38. The number of nitrogens with zero attached hydrogens (tertiary/aromatic N) is 1. The summed E-state index contributed by atoms with van der Waals surface area (Å²) in [5.41, 5.74) is 0.755. The molecule has 1 aromatic carbocycles. The van der Waals surface area contributed by atoms with E-state index < -0.39 is 29.9 Å². The Balaban J connectivity index is 2.01. The van der Waals surface area contributed by atoms with Crippen LogP contribution in [0.1, 0.15) is 42.4 Å². The highest BCUT2D eigenvalue weighted by atomic mass is 16.6. The van der Waals surface area contributed by atoms with Crippen LogP contribution in [0.2, 0.25) is 0 Å². The number of rotatable bonds is 9. The second kappa shape index (κ2) is 9.85. The van der Waals surface area contributed by atoms with E-state index in [4.69, 9.17) is 14.2 Å². The van der Waals surface area contributed by atoms with Gasteiger partial charge in [-0.2, -0.15) is 0 Å². The topological polar surface area (TPSA) is 95.0 Å². The van der Waals surface area contributed by atoms with Crippen molar-refractivity contribution in [2.45, 2.75) is 32.5 Å². The van der Waals surface area contributed by atoms with E-state index in [0.29, 0.717) is 0 Å². The maximum Gasteiger partial charge on any atom is 0.309 e. The highest BCUT2D eigenvalue weighted by Crippen LogP contribution is 2.29. The molecule has 0 saturated carbocycles. The van der Waals surface area contributed by atoms with Gasteiger partial charge in [0.05, 0.1) is 13.0 Å². The minimum Gasteiger partial charge on any atom is -0.503 e. The summed E-state index contributed by atoms with van der Waals surface area (Å²) in [5.74, 6) is -1.91. The van der Waals surface area contributed by atoms with Crippen molar-refractivity contribution in [2.75, 3.05) is 14.2 Å². The zero-order valence-corrected chi connectivity index (χ0v) is 16.4. The number of ketones is 1. The van der Waals surface area contributed by atoms with Crippen molar-refractivity contribution >= 4 is 11.8 Å². The molecule has 2 aromatic rings. The zero-order valence-electron chi connectivity index (χ0n) is 16.4. The monoisotopic (exact) mass is 387 g/mol. The van der Waals surface area contributed by atoms with Crippen LogP contribution in [-0.2, 0) is 14.3 Å². The number of esters is 1. The quantitative estimate of drug-likeness (QED) is 0.521. The van der Waals surface area contributed by atoms with E-state index in [1.54, 1.807) is 21.0 Å². The Morgan fingerprint density at radius 2 is 1.79 bits per heavy atom. The lowest BCUT2D eigenvalue weighted by Crippen LogP contribution is -2.28. The Bertz CT molecular complexity index is 808. The van der Waals surface area contributed by atoms with E-state index >= 15 is 0 Å². The molecule has 150 valence electrons. The van der Waals surface area contributed by atoms with Crippen LogP contribution >= 0.6 is 0 Å². The molecular weight excluding hydrogens is 362 g/mol. The molecule has 0 radical (unpaired) electrons. The van der Waals surface area contributed by atoms with Crippen LogP contribution in [-0.4, -0.2) is 42.2 Å². The lowest BCUT2D eigenvalue weighted by Gasteiger charge is -2.24. The first-order chi connectivity index (χ1) is 13.4. The van der Waals surface area contributed by atoms with Crippen molar-refractivity contribution in [1.82, 2.24) is 4.98 Å². The molecule has 7 heteroatoms. The molecule has 0 saturated heterocycles. The molecule has 0 amide bonds. The van der Waals surface area contributed by atoms with Gasteiger partial charge in [0.2, 0.25) is 0 Å². The number of aromatic hydroxyl groups is 1. The summed E-state index contributed by atoms with van der Waals surface area (Å²) in [4.78, 5) is 28.8. The Morgan fingerprint density at radius 1 is 1.11 bits per heavy atom.